The summed E-state index contributed by atoms with van der Waals surface area (Å²) in [4.78, 5) is 38.5. The molecule has 2 aromatic rings. The molecule has 1 heterocycles. The third kappa shape index (κ3) is 4.14. The van der Waals surface area contributed by atoms with Crippen LogP contribution in [0, 0.1) is 19.3 Å². The van der Waals surface area contributed by atoms with Crippen molar-refractivity contribution in [2.24, 2.45) is 0 Å². The van der Waals surface area contributed by atoms with Gasteiger partial charge < -0.3 is 9.47 Å². The number of nitrogens with one attached hydrogen (secondary N) is 1. The van der Waals surface area contributed by atoms with Gasteiger partial charge in [-0.25, -0.2) is 9.69 Å². The predicted molar refractivity (Wildman–Crippen MR) is 113 cm³/mol. The number of urea groups is 1. The average molecular weight is 425 g/mol. The Labute approximate surface area is 178 Å². The number of benzene rings is 2. The molecule has 7 nitrogen and oxygen atoms in total. The van der Waals surface area contributed by atoms with E-state index < -0.39 is 17.8 Å². The Bertz CT molecular complexity index is 1120. The smallest absolute Gasteiger partial charge is 0.335 e. The first-order valence-electron chi connectivity index (χ1n) is 8.77. The molecule has 0 aromatic heterocycles. The number of terminal acetylenes is 1. The normalized spacial score (nSPS) is 15.1. The molecular formula is C22H17ClN2O5. The topological polar surface area (TPSA) is 84.9 Å². The summed E-state index contributed by atoms with van der Waals surface area (Å²) in [6.45, 7) is 1.86. The summed E-state index contributed by atoms with van der Waals surface area (Å²) in [5.41, 5.74) is 1.32. The maximum absolute atomic E-state index is 13.0. The molecule has 0 spiro atoms. The van der Waals surface area contributed by atoms with Gasteiger partial charge in [-0.1, -0.05) is 29.7 Å². The number of nitrogens with zero attached hydrogens (tertiary/aromatic N) is 1. The van der Waals surface area contributed by atoms with E-state index in [0.717, 1.165) is 10.5 Å². The van der Waals surface area contributed by atoms with Gasteiger partial charge in [0.25, 0.3) is 11.8 Å². The molecule has 0 atom stereocenters. The Morgan fingerprint density at radius 1 is 1.17 bits per heavy atom. The molecular weight excluding hydrogens is 408 g/mol. The molecule has 1 fully saturated rings. The van der Waals surface area contributed by atoms with Crippen molar-refractivity contribution in [1.82, 2.24) is 5.32 Å². The lowest BCUT2D eigenvalue weighted by Crippen LogP contribution is -2.54. The fourth-order valence-corrected chi connectivity index (χ4v) is 2.97. The van der Waals surface area contributed by atoms with Gasteiger partial charge in [0.1, 0.15) is 12.2 Å². The van der Waals surface area contributed by atoms with Gasteiger partial charge in [-0.05, 0) is 48.4 Å². The minimum absolute atomic E-state index is 0.0634. The maximum atomic E-state index is 13.0. The van der Waals surface area contributed by atoms with Gasteiger partial charge in [0, 0.05) is 5.02 Å². The summed E-state index contributed by atoms with van der Waals surface area (Å²) in [5.74, 6) is 1.58. The number of amides is 4. The third-order valence-electron chi connectivity index (χ3n) is 4.32. The molecule has 1 N–H and O–H groups in total. The van der Waals surface area contributed by atoms with E-state index in [-0.39, 0.29) is 17.9 Å². The SMILES string of the molecule is C#CCOc1ccc(/C=C2/C(=O)NC(=O)N(c3ccc(C)c(Cl)c3)C2=O)cc1OC. The molecule has 0 saturated carbocycles. The Kier molecular flexibility index (Phi) is 6.09. The maximum Gasteiger partial charge on any atom is 0.335 e. The number of hydrogen-bond acceptors (Lipinski definition) is 5. The van der Waals surface area contributed by atoms with Crippen molar-refractivity contribution in [3.8, 4) is 23.8 Å². The number of imide groups is 2. The first-order valence-corrected chi connectivity index (χ1v) is 9.15. The second kappa shape index (κ2) is 8.72. The van der Waals surface area contributed by atoms with Crippen LogP contribution in [0.5, 0.6) is 11.5 Å². The zero-order chi connectivity index (χ0) is 21.8. The lowest BCUT2D eigenvalue weighted by molar-refractivity contribution is -0.122. The summed E-state index contributed by atoms with van der Waals surface area (Å²) in [6.07, 6.45) is 6.56. The summed E-state index contributed by atoms with van der Waals surface area (Å²) in [7, 11) is 1.45. The lowest BCUT2D eigenvalue weighted by atomic mass is 10.1. The second-order valence-electron chi connectivity index (χ2n) is 6.29. The Hall–Kier alpha value is -3.76. The van der Waals surface area contributed by atoms with Gasteiger partial charge in [-0.15, -0.1) is 6.42 Å². The zero-order valence-electron chi connectivity index (χ0n) is 16.2. The van der Waals surface area contributed by atoms with Crippen molar-refractivity contribution in [2.75, 3.05) is 18.6 Å². The number of carbonyl (C=O) groups is 3. The number of aryl methyl sites for hydroxylation is 1. The Morgan fingerprint density at radius 3 is 2.60 bits per heavy atom. The quantitative estimate of drug-likeness (QED) is 0.452. The molecule has 30 heavy (non-hydrogen) atoms. The van der Waals surface area contributed by atoms with E-state index in [2.05, 4.69) is 11.2 Å². The standard InChI is InChI=1S/C22H17ClN2O5/c1-4-9-30-18-8-6-14(11-19(18)29-3)10-16-20(26)24-22(28)25(21(16)27)15-7-5-13(2)17(23)12-15/h1,5-8,10-12H,9H2,2-3H3,(H,24,26,28)/b16-10-. The number of ether oxygens (including phenoxy) is 2. The molecule has 2 aromatic carbocycles. The number of barbiturate groups is 1. The molecule has 0 aliphatic carbocycles. The summed E-state index contributed by atoms with van der Waals surface area (Å²) in [6, 6.07) is 8.72. The van der Waals surface area contributed by atoms with Gasteiger partial charge in [0.2, 0.25) is 0 Å². The lowest BCUT2D eigenvalue weighted by Gasteiger charge is -2.26. The number of anilines is 1. The van der Waals surface area contributed by atoms with Gasteiger partial charge >= 0.3 is 6.03 Å². The van der Waals surface area contributed by atoms with E-state index in [1.165, 1.54) is 19.3 Å². The van der Waals surface area contributed by atoms with E-state index in [1.54, 1.807) is 37.3 Å². The van der Waals surface area contributed by atoms with Crippen LogP contribution in [0.1, 0.15) is 11.1 Å². The fourth-order valence-electron chi connectivity index (χ4n) is 2.79. The van der Waals surface area contributed by atoms with E-state index in [1.807, 2.05) is 0 Å². The van der Waals surface area contributed by atoms with Crippen molar-refractivity contribution < 1.29 is 23.9 Å². The van der Waals surface area contributed by atoms with Crippen molar-refractivity contribution in [1.29, 1.82) is 0 Å². The molecule has 3 rings (SSSR count). The molecule has 8 heteroatoms. The first kappa shape index (κ1) is 21.0. The first-order chi connectivity index (χ1) is 14.3. The van der Waals surface area contributed by atoms with Crippen molar-refractivity contribution in [3.63, 3.8) is 0 Å². The van der Waals surface area contributed by atoms with Crippen LogP contribution in [0.2, 0.25) is 5.02 Å². The van der Waals surface area contributed by atoms with Crippen LogP contribution < -0.4 is 19.7 Å². The van der Waals surface area contributed by atoms with Crippen LogP contribution in [0.4, 0.5) is 10.5 Å². The summed E-state index contributed by atoms with van der Waals surface area (Å²) >= 11 is 6.12. The molecule has 1 saturated heterocycles. The number of methoxy groups -OCH3 is 1. The van der Waals surface area contributed by atoms with Crippen LogP contribution >= 0.6 is 11.6 Å². The molecule has 1 aliphatic rings. The van der Waals surface area contributed by atoms with Crippen LogP contribution in [0.25, 0.3) is 6.08 Å². The minimum atomic E-state index is -0.849. The largest absolute Gasteiger partial charge is 0.493 e. The Morgan fingerprint density at radius 2 is 1.93 bits per heavy atom. The highest BCUT2D eigenvalue weighted by Gasteiger charge is 2.37. The molecule has 1 aliphatic heterocycles. The average Bonchev–Trinajstić information content (AvgIpc) is 2.72. The van der Waals surface area contributed by atoms with Crippen molar-refractivity contribution >= 4 is 41.2 Å². The van der Waals surface area contributed by atoms with E-state index in [4.69, 9.17) is 27.5 Å². The highest BCUT2D eigenvalue weighted by Crippen LogP contribution is 2.30. The van der Waals surface area contributed by atoms with Crippen LogP contribution in [0.3, 0.4) is 0 Å². The van der Waals surface area contributed by atoms with Gasteiger partial charge in [0.15, 0.2) is 11.5 Å². The van der Waals surface area contributed by atoms with Crippen LogP contribution in [-0.2, 0) is 9.59 Å². The van der Waals surface area contributed by atoms with E-state index >= 15 is 0 Å². The van der Waals surface area contributed by atoms with Crippen LogP contribution in [0.15, 0.2) is 42.0 Å². The minimum Gasteiger partial charge on any atom is -0.493 e. The molecule has 0 radical (unpaired) electrons. The van der Waals surface area contributed by atoms with Gasteiger partial charge in [-0.2, -0.15) is 0 Å². The highest BCUT2D eigenvalue weighted by molar-refractivity contribution is 6.39. The molecule has 4 amide bonds. The zero-order valence-corrected chi connectivity index (χ0v) is 16.9. The van der Waals surface area contributed by atoms with Crippen molar-refractivity contribution in [2.45, 2.75) is 6.92 Å². The number of hydrogen-bond donors (Lipinski definition) is 1. The molecule has 0 unspecified atom stereocenters. The van der Waals surface area contributed by atoms with Crippen molar-refractivity contribution in [3.05, 3.63) is 58.1 Å². The van der Waals surface area contributed by atoms with E-state index in [0.29, 0.717) is 22.1 Å². The molecule has 152 valence electrons. The fraction of sp³-hybridized carbons (Fsp3) is 0.136. The summed E-state index contributed by atoms with van der Waals surface area (Å²) in [5, 5.41) is 2.56. The number of rotatable bonds is 5. The van der Waals surface area contributed by atoms with Gasteiger partial charge in [-0.3, -0.25) is 14.9 Å². The predicted octanol–water partition coefficient (Wildman–Crippen LogP) is 3.34. The van der Waals surface area contributed by atoms with Crippen LogP contribution in [-0.4, -0.2) is 31.6 Å². The third-order valence-corrected chi connectivity index (χ3v) is 4.73. The monoisotopic (exact) mass is 424 g/mol. The summed E-state index contributed by atoms with van der Waals surface area (Å²) < 4.78 is 10.7. The number of halogens is 1. The molecule has 0 bridgehead atoms. The van der Waals surface area contributed by atoms with E-state index in [9.17, 15) is 14.4 Å². The second-order valence-corrected chi connectivity index (χ2v) is 6.70. The van der Waals surface area contributed by atoms with Gasteiger partial charge in [0.05, 0.1) is 12.8 Å². The highest BCUT2D eigenvalue weighted by atomic mass is 35.5. The Balaban J connectivity index is 1.98. The number of carbonyl (C=O) groups excluding carboxylic acids is 3.